The quantitative estimate of drug-likeness (QED) is 0.733. The molecule has 1 heterocycles. The molecule has 1 aliphatic rings. The van der Waals surface area contributed by atoms with Crippen molar-refractivity contribution in [2.75, 3.05) is 30.5 Å². The Bertz CT molecular complexity index is 897. The molecule has 1 fully saturated rings. The first-order valence-corrected chi connectivity index (χ1v) is 9.60. The number of methoxy groups -OCH3 is 1. The van der Waals surface area contributed by atoms with Gasteiger partial charge in [-0.2, -0.15) is 0 Å². The van der Waals surface area contributed by atoms with E-state index in [0.717, 1.165) is 27.0 Å². The molecule has 3 rings (SSSR count). The monoisotopic (exact) mass is 430 g/mol. The van der Waals surface area contributed by atoms with Crippen LogP contribution in [0, 0.1) is 19.8 Å². The maximum atomic E-state index is 13.0. The summed E-state index contributed by atoms with van der Waals surface area (Å²) in [4.78, 5) is 29.0. The minimum atomic E-state index is -0.379. The van der Waals surface area contributed by atoms with Crippen molar-refractivity contribution in [1.29, 1.82) is 0 Å². The van der Waals surface area contributed by atoms with Gasteiger partial charge < -0.3 is 14.5 Å². The van der Waals surface area contributed by atoms with Gasteiger partial charge in [-0.05, 0) is 55.3 Å². The Morgan fingerprint density at radius 1 is 1.22 bits per heavy atom. The Hall–Kier alpha value is -2.34. The van der Waals surface area contributed by atoms with Crippen LogP contribution < -0.4 is 14.5 Å². The molecule has 0 aliphatic carbocycles. The van der Waals surface area contributed by atoms with Crippen molar-refractivity contribution in [1.82, 2.24) is 0 Å². The number of hydrogen-bond acceptors (Lipinski definition) is 3. The summed E-state index contributed by atoms with van der Waals surface area (Å²) in [5, 5.41) is 0. The van der Waals surface area contributed by atoms with Crippen LogP contribution in [0.15, 0.2) is 40.9 Å². The van der Waals surface area contributed by atoms with Crippen molar-refractivity contribution in [3.8, 4) is 5.75 Å². The van der Waals surface area contributed by atoms with Crippen molar-refractivity contribution in [3.63, 3.8) is 0 Å². The van der Waals surface area contributed by atoms with Crippen LogP contribution in [0.2, 0.25) is 0 Å². The van der Waals surface area contributed by atoms with Gasteiger partial charge in [0, 0.05) is 30.2 Å². The van der Waals surface area contributed by atoms with Gasteiger partial charge in [0.05, 0.1) is 18.7 Å². The van der Waals surface area contributed by atoms with Crippen LogP contribution in [0.3, 0.4) is 0 Å². The highest BCUT2D eigenvalue weighted by Crippen LogP contribution is 2.35. The molecule has 0 saturated carbocycles. The van der Waals surface area contributed by atoms with E-state index in [1.165, 1.54) is 0 Å². The molecule has 2 amide bonds. The number of nitrogens with zero attached hydrogens (tertiary/aromatic N) is 2. The highest BCUT2D eigenvalue weighted by Gasteiger charge is 2.38. The predicted octanol–water partition coefficient (Wildman–Crippen LogP) is 4.09. The van der Waals surface area contributed by atoms with Gasteiger partial charge in [0.25, 0.3) is 0 Å². The van der Waals surface area contributed by atoms with E-state index >= 15 is 0 Å². The van der Waals surface area contributed by atoms with Crippen LogP contribution in [0.1, 0.15) is 17.5 Å². The number of rotatable bonds is 4. The van der Waals surface area contributed by atoms with Gasteiger partial charge in [-0.1, -0.05) is 22.0 Å². The summed E-state index contributed by atoms with van der Waals surface area (Å²) >= 11 is 3.44. The van der Waals surface area contributed by atoms with Gasteiger partial charge in [-0.25, -0.2) is 0 Å². The molecule has 0 unspecified atom stereocenters. The number of ether oxygens (including phenoxy) is 1. The molecule has 2 aromatic rings. The van der Waals surface area contributed by atoms with Gasteiger partial charge in [-0.3, -0.25) is 9.59 Å². The minimum Gasteiger partial charge on any atom is -0.495 e. The lowest BCUT2D eigenvalue weighted by molar-refractivity contribution is -0.124. The zero-order valence-corrected chi connectivity index (χ0v) is 17.5. The summed E-state index contributed by atoms with van der Waals surface area (Å²) in [6, 6.07) is 11.5. The van der Waals surface area contributed by atoms with Gasteiger partial charge >= 0.3 is 0 Å². The molecule has 0 radical (unpaired) electrons. The summed E-state index contributed by atoms with van der Waals surface area (Å²) in [5.41, 5.74) is 3.61. The molecule has 27 heavy (non-hydrogen) atoms. The van der Waals surface area contributed by atoms with Crippen LogP contribution in [0.5, 0.6) is 5.75 Å². The first kappa shape index (κ1) is 19.4. The fourth-order valence-electron chi connectivity index (χ4n) is 3.50. The molecule has 0 spiro atoms. The topological polar surface area (TPSA) is 49.9 Å². The molecule has 0 aromatic heterocycles. The maximum absolute atomic E-state index is 13.0. The average molecular weight is 431 g/mol. The highest BCUT2D eigenvalue weighted by molar-refractivity contribution is 9.10. The minimum absolute atomic E-state index is 0.0529. The Labute approximate surface area is 168 Å². The molecule has 5 nitrogen and oxygen atoms in total. The van der Waals surface area contributed by atoms with Gasteiger partial charge in [0.2, 0.25) is 11.8 Å². The Balaban J connectivity index is 1.83. The van der Waals surface area contributed by atoms with Crippen LogP contribution >= 0.6 is 15.9 Å². The van der Waals surface area contributed by atoms with E-state index in [2.05, 4.69) is 15.9 Å². The summed E-state index contributed by atoms with van der Waals surface area (Å²) in [6.07, 6.45) is 0.204. The third-order valence-corrected chi connectivity index (χ3v) is 5.44. The van der Waals surface area contributed by atoms with E-state index in [9.17, 15) is 9.59 Å². The molecule has 1 atom stereocenters. The smallest absolute Gasteiger partial charge is 0.232 e. The lowest BCUT2D eigenvalue weighted by Crippen LogP contribution is -2.35. The summed E-state index contributed by atoms with van der Waals surface area (Å²) in [5.74, 6) is 0.149. The number of carbonyl (C=O) groups excluding carboxylic acids is 2. The van der Waals surface area contributed by atoms with E-state index in [0.29, 0.717) is 12.3 Å². The van der Waals surface area contributed by atoms with Crippen molar-refractivity contribution in [3.05, 3.63) is 52.0 Å². The van der Waals surface area contributed by atoms with Crippen LogP contribution in [0.4, 0.5) is 11.4 Å². The van der Waals surface area contributed by atoms with Crippen molar-refractivity contribution in [2.45, 2.75) is 20.3 Å². The second-order valence-electron chi connectivity index (χ2n) is 6.91. The van der Waals surface area contributed by atoms with E-state index in [1.807, 2.05) is 50.2 Å². The fraction of sp³-hybridized carbons (Fsp3) is 0.333. The number of benzene rings is 2. The Kier molecular flexibility index (Phi) is 5.56. The summed E-state index contributed by atoms with van der Waals surface area (Å²) in [6.45, 7) is 4.29. The van der Waals surface area contributed by atoms with E-state index in [1.54, 1.807) is 24.0 Å². The molecular weight excluding hydrogens is 408 g/mol. The Morgan fingerprint density at radius 3 is 2.63 bits per heavy atom. The van der Waals surface area contributed by atoms with E-state index in [4.69, 9.17) is 4.74 Å². The molecule has 2 aromatic carbocycles. The predicted molar refractivity (Wildman–Crippen MR) is 110 cm³/mol. The van der Waals surface area contributed by atoms with Gasteiger partial charge in [0.15, 0.2) is 0 Å². The molecule has 0 bridgehead atoms. The number of carbonyl (C=O) groups is 2. The average Bonchev–Trinajstić information content (AvgIpc) is 3.02. The molecule has 1 saturated heterocycles. The fourth-order valence-corrected chi connectivity index (χ4v) is 3.98. The third-order valence-electron chi connectivity index (χ3n) is 4.95. The molecule has 6 heteroatoms. The molecule has 142 valence electrons. The second-order valence-corrected chi connectivity index (χ2v) is 7.82. The van der Waals surface area contributed by atoms with Crippen LogP contribution in [0.25, 0.3) is 0 Å². The second kappa shape index (κ2) is 7.72. The normalized spacial score (nSPS) is 16.6. The number of halogens is 1. The Morgan fingerprint density at radius 2 is 1.96 bits per heavy atom. The lowest BCUT2D eigenvalue weighted by Gasteiger charge is -2.24. The number of amides is 2. The molecular formula is C21H23BrN2O3. The van der Waals surface area contributed by atoms with Crippen LogP contribution in [-0.4, -0.2) is 32.5 Å². The number of aryl methyl sites for hydroxylation is 2. The standard InChI is InChI=1S/C21H23BrN2O3/c1-13-5-8-19(27-4)18(9-13)24-12-15(11-20(24)25)21(26)23(3)17-7-6-16(22)10-14(17)2/h5-10,15H,11-12H2,1-4H3/t15-/m0/s1. The van der Waals surface area contributed by atoms with Crippen molar-refractivity contribution < 1.29 is 14.3 Å². The zero-order valence-electron chi connectivity index (χ0n) is 16.0. The first-order chi connectivity index (χ1) is 12.8. The lowest BCUT2D eigenvalue weighted by atomic mass is 10.1. The largest absolute Gasteiger partial charge is 0.495 e. The first-order valence-electron chi connectivity index (χ1n) is 8.80. The molecule has 1 aliphatic heterocycles. The number of anilines is 2. The van der Waals surface area contributed by atoms with Gasteiger partial charge in [-0.15, -0.1) is 0 Å². The van der Waals surface area contributed by atoms with Crippen molar-refractivity contribution >= 4 is 39.1 Å². The maximum Gasteiger partial charge on any atom is 0.232 e. The summed E-state index contributed by atoms with van der Waals surface area (Å²) < 4.78 is 6.38. The van der Waals surface area contributed by atoms with E-state index < -0.39 is 0 Å². The van der Waals surface area contributed by atoms with Gasteiger partial charge in [0.1, 0.15) is 5.75 Å². The SMILES string of the molecule is COc1ccc(C)cc1N1C[C@@H](C(=O)N(C)c2ccc(Br)cc2C)CC1=O. The third kappa shape index (κ3) is 3.86. The number of hydrogen-bond donors (Lipinski definition) is 0. The van der Waals surface area contributed by atoms with E-state index in [-0.39, 0.29) is 24.2 Å². The van der Waals surface area contributed by atoms with Crippen molar-refractivity contribution in [2.24, 2.45) is 5.92 Å². The molecule has 0 N–H and O–H groups in total. The zero-order chi connectivity index (χ0) is 19.7. The highest BCUT2D eigenvalue weighted by atomic mass is 79.9. The summed E-state index contributed by atoms with van der Waals surface area (Å²) in [7, 11) is 3.35. The van der Waals surface area contributed by atoms with Crippen LogP contribution in [-0.2, 0) is 9.59 Å².